The number of hydrogen-bond acceptors (Lipinski definition) is 3. The molecule has 6 heteroatoms. The van der Waals surface area contributed by atoms with Crippen LogP contribution in [0.3, 0.4) is 0 Å². The van der Waals surface area contributed by atoms with Gasteiger partial charge in [0.25, 0.3) is 5.91 Å². The average molecular weight is 359 g/mol. The van der Waals surface area contributed by atoms with E-state index in [1.807, 2.05) is 31.2 Å². The molecule has 1 aliphatic heterocycles. The Morgan fingerprint density at radius 3 is 2.64 bits per heavy atom. The first-order chi connectivity index (χ1) is 12.1. The molecule has 3 rings (SSSR count). The molecule has 2 amide bonds. The van der Waals surface area contributed by atoms with E-state index in [9.17, 15) is 9.59 Å². The van der Waals surface area contributed by atoms with E-state index in [2.05, 4.69) is 5.32 Å². The number of carbonyl (C=O) groups excluding carboxylic acids is 2. The molecule has 25 heavy (non-hydrogen) atoms. The number of amides is 2. The molecule has 1 fully saturated rings. The molecule has 1 N–H and O–H groups in total. The molecule has 0 spiro atoms. The van der Waals surface area contributed by atoms with Crippen molar-refractivity contribution >= 4 is 29.1 Å². The lowest BCUT2D eigenvalue weighted by Gasteiger charge is -2.18. The average Bonchev–Trinajstić information content (AvgIpc) is 2.96. The number of nitrogens with zero attached hydrogens (tertiary/aromatic N) is 1. The van der Waals surface area contributed by atoms with Gasteiger partial charge >= 0.3 is 0 Å². The van der Waals surface area contributed by atoms with Crippen LogP contribution >= 0.6 is 11.6 Å². The van der Waals surface area contributed by atoms with Gasteiger partial charge in [0, 0.05) is 18.7 Å². The van der Waals surface area contributed by atoms with Gasteiger partial charge in [-0.2, -0.15) is 0 Å². The number of nitrogens with one attached hydrogen (secondary N) is 1. The third-order valence-electron chi connectivity index (χ3n) is 4.04. The molecular weight excluding hydrogens is 340 g/mol. The van der Waals surface area contributed by atoms with Crippen LogP contribution in [-0.4, -0.2) is 31.0 Å². The standard InChI is InChI=1S/C19H19ClN2O3/c1-2-25-15-9-7-14(8-10-15)22-12-13(11-18(22)23)21-19(24)16-5-3-4-6-17(16)20/h3-10,13H,2,11-12H2,1H3,(H,21,24). The summed E-state index contributed by atoms with van der Waals surface area (Å²) >= 11 is 6.05. The minimum absolute atomic E-state index is 0.0198. The first-order valence-electron chi connectivity index (χ1n) is 8.17. The Bertz CT molecular complexity index is 776. The van der Waals surface area contributed by atoms with Crippen LogP contribution in [0.2, 0.25) is 5.02 Å². The highest BCUT2D eigenvalue weighted by Gasteiger charge is 2.32. The third kappa shape index (κ3) is 3.94. The third-order valence-corrected chi connectivity index (χ3v) is 4.37. The largest absolute Gasteiger partial charge is 0.494 e. The lowest BCUT2D eigenvalue weighted by atomic mass is 10.2. The van der Waals surface area contributed by atoms with E-state index in [0.717, 1.165) is 11.4 Å². The summed E-state index contributed by atoms with van der Waals surface area (Å²) < 4.78 is 5.41. The number of hydrogen-bond donors (Lipinski definition) is 1. The molecule has 1 saturated heterocycles. The molecule has 0 saturated carbocycles. The zero-order valence-corrected chi connectivity index (χ0v) is 14.6. The van der Waals surface area contributed by atoms with E-state index in [4.69, 9.17) is 16.3 Å². The van der Waals surface area contributed by atoms with Gasteiger partial charge in [-0.25, -0.2) is 0 Å². The number of rotatable bonds is 5. The molecule has 1 aliphatic rings. The van der Waals surface area contributed by atoms with E-state index in [1.165, 1.54) is 0 Å². The number of ether oxygens (including phenoxy) is 1. The van der Waals surface area contributed by atoms with Crippen molar-refractivity contribution in [2.75, 3.05) is 18.1 Å². The number of anilines is 1. The maximum Gasteiger partial charge on any atom is 0.253 e. The molecule has 2 aromatic carbocycles. The number of benzene rings is 2. The molecule has 1 atom stereocenters. The second kappa shape index (κ2) is 7.57. The maximum atomic E-state index is 12.3. The van der Waals surface area contributed by atoms with E-state index in [0.29, 0.717) is 23.7 Å². The van der Waals surface area contributed by atoms with Crippen molar-refractivity contribution < 1.29 is 14.3 Å². The Labute approximate surface area is 151 Å². The molecule has 1 heterocycles. The van der Waals surface area contributed by atoms with Crippen LogP contribution < -0.4 is 15.0 Å². The first kappa shape index (κ1) is 17.3. The highest BCUT2D eigenvalue weighted by molar-refractivity contribution is 6.33. The second-order valence-electron chi connectivity index (χ2n) is 5.79. The minimum Gasteiger partial charge on any atom is -0.494 e. The highest BCUT2D eigenvalue weighted by Crippen LogP contribution is 2.24. The Morgan fingerprint density at radius 1 is 1.24 bits per heavy atom. The van der Waals surface area contributed by atoms with Crippen LogP contribution in [0.4, 0.5) is 5.69 Å². The molecular formula is C19H19ClN2O3. The molecule has 5 nitrogen and oxygen atoms in total. The summed E-state index contributed by atoms with van der Waals surface area (Å²) in [5, 5.41) is 3.28. The van der Waals surface area contributed by atoms with Gasteiger partial charge in [-0.3, -0.25) is 9.59 Å². The smallest absolute Gasteiger partial charge is 0.253 e. The summed E-state index contributed by atoms with van der Waals surface area (Å²) in [6, 6.07) is 14.0. The van der Waals surface area contributed by atoms with Crippen molar-refractivity contribution in [1.82, 2.24) is 5.32 Å². The van der Waals surface area contributed by atoms with Crippen LogP contribution in [-0.2, 0) is 4.79 Å². The maximum absolute atomic E-state index is 12.3. The van der Waals surface area contributed by atoms with E-state index in [-0.39, 0.29) is 24.3 Å². The number of halogens is 1. The van der Waals surface area contributed by atoms with E-state index >= 15 is 0 Å². The topological polar surface area (TPSA) is 58.6 Å². The van der Waals surface area contributed by atoms with Crippen molar-refractivity contribution in [2.24, 2.45) is 0 Å². The van der Waals surface area contributed by atoms with Crippen LogP contribution in [0, 0.1) is 0 Å². The fourth-order valence-electron chi connectivity index (χ4n) is 2.85. The van der Waals surface area contributed by atoms with Crippen LogP contribution in [0.1, 0.15) is 23.7 Å². The van der Waals surface area contributed by atoms with Gasteiger partial charge < -0.3 is 15.0 Å². The van der Waals surface area contributed by atoms with E-state index in [1.54, 1.807) is 29.2 Å². The summed E-state index contributed by atoms with van der Waals surface area (Å²) in [5.74, 6) is 0.479. The zero-order chi connectivity index (χ0) is 17.8. The Morgan fingerprint density at radius 2 is 1.96 bits per heavy atom. The molecule has 0 radical (unpaired) electrons. The Kier molecular flexibility index (Phi) is 5.24. The minimum atomic E-state index is -0.267. The summed E-state index contributed by atoms with van der Waals surface area (Å²) in [4.78, 5) is 26.3. The summed E-state index contributed by atoms with van der Waals surface area (Å²) in [6.45, 7) is 2.95. The predicted molar refractivity (Wildman–Crippen MR) is 97.3 cm³/mol. The van der Waals surface area contributed by atoms with Gasteiger partial charge in [-0.15, -0.1) is 0 Å². The summed E-state index contributed by atoms with van der Waals surface area (Å²) in [5.41, 5.74) is 1.21. The quantitative estimate of drug-likeness (QED) is 0.892. The van der Waals surface area contributed by atoms with Gasteiger partial charge in [0.05, 0.1) is 23.2 Å². The second-order valence-corrected chi connectivity index (χ2v) is 6.19. The SMILES string of the molecule is CCOc1ccc(N2CC(NC(=O)c3ccccc3Cl)CC2=O)cc1. The van der Waals surface area contributed by atoms with Crippen molar-refractivity contribution in [2.45, 2.75) is 19.4 Å². The molecule has 2 aromatic rings. The lowest BCUT2D eigenvalue weighted by Crippen LogP contribution is -2.37. The van der Waals surface area contributed by atoms with E-state index < -0.39 is 0 Å². The molecule has 130 valence electrons. The van der Waals surface area contributed by atoms with Gasteiger partial charge in [0.15, 0.2) is 0 Å². The lowest BCUT2D eigenvalue weighted by molar-refractivity contribution is -0.117. The van der Waals surface area contributed by atoms with Crippen LogP contribution in [0.15, 0.2) is 48.5 Å². The molecule has 0 aromatic heterocycles. The Balaban J connectivity index is 1.66. The van der Waals surface area contributed by atoms with Crippen molar-refractivity contribution in [3.05, 3.63) is 59.1 Å². The van der Waals surface area contributed by atoms with Crippen molar-refractivity contribution in [3.8, 4) is 5.75 Å². The molecule has 1 unspecified atom stereocenters. The van der Waals surface area contributed by atoms with Gasteiger partial charge in [-0.05, 0) is 43.3 Å². The fourth-order valence-corrected chi connectivity index (χ4v) is 3.07. The first-order valence-corrected chi connectivity index (χ1v) is 8.55. The molecule has 0 bridgehead atoms. The van der Waals surface area contributed by atoms with Gasteiger partial charge in [-0.1, -0.05) is 23.7 Å². The number of carbonyl (C=O) groups is 2. The monoisotopic (exact) mass is 358 g/mol. The summed E-state index contributed by atoms with van der Waals surface area (Å²) in [7, 11) is 0. The Hall–Kier alpha value is -2.53. The predicted octanol–water partition coefficient (Wildman–Crippen LogP) is 3.27. The van der Waals surface area contributed by atoms with Gasteiger partial charge in [0.1, 0.15) is 5.75 Å². The van der Waals surface area contributed by atoms with Crippen LogP contribution in [0.25, 0.3) is 0 Å². The normalized spacial score (nSPS) is 16.8. The summed E-state index contributed by atoms with van der Waals surface area (Å²) in [6.07, 6.45) is 0.267. The van der Waals surface area contributed by atoms with Crippen molar-refractivity contribution in [1.29, 1.82) is 0 Å². The van der Waals surface area contributed by atoms with Gasteiger partial charge in [0.2, 0.25) is 5.91 Å². The van der Waals surface area contributed by atoms with Crippen molar-refractivity contribution in [3.63, 3.8) is 0 Å². The highest BCUT2D eigenvalue weighted by atomic mass is 35.5. The molecule has 0 aliphatic carbocycles. The zero-order valence-electron chi connectivity index (χ0n) is 13.9. The fraction of sp³-hybridized carbons (Fsp3) is 0.263. The van der Waals surface area contributed by atoms with Crippen LogP contribution in [0.5, 0.6) is 5.75 Å².